The van der Waals surface area contributed by atoms with E-state index < -0.39 is 0 Å². The number of rotatable bonds is 1. The van der Waals surface area contributed by atoms with Crippen molar-refractivity contribution in [2.45, 2.75) is 18.2 Å². The zero-order chi connectivity index (χ0) is 10.1. The van der Waals surface area contributed by atoms with E-state index in [4.69, 9.17) is 0 Å². The van der Waals surface area contributed by atoms with E-state index in [1.807, 2.05) is 0 Å². The molecular weight excluding hydrogens is 201 g/mol. The Kier molecular flexibility index (Phi) is 2.46. The van der Waals surface area contributed by atoms with Gasteiger partial charge in [-0.15, -0.1) is 11.8 Å². The Balaban J connectivity index is 2.43. The van der Waals surface area contributed by atoms with Gasteiger partial charge < -0.3 is 5.32 Å². The highest BCUT2D eigenvalue weighted by atomic mass is 32.2. The molecule has 0 saturated heterocycles. The van der Waals surface area contributed by atoms with Crippen LogP contribution in [0.15, 0.2) is 17.0 Å². The summed E-state index contributed by atoms with van der Waals surface area (Å²) in [5, 5.41) is 2.71. The Bertz CT molecular complexity index is 392. The molecule has 74 valence electrons. The van der Waals surface area contributed by atoms with Crippen LogP contribution in [0.3, 0.4) is 0 Å². The molecule has 0 fully saturated rings. The molecule has 1 aliphatic heterocycles. The van der Waals surface area contributed by atoms with Gasteiger partial charge in [-0.2, -0.15) is 0 Å². The van der Waals surface area contributed by atoms with Crippen molar-refractivity contribution in [1.29, 1.82) is 0 Å². The van der Waals surface area contributed by atoms with Crippen LogP contribution in [0.2, 0.25) is 0 Å². The first-order valence-corrected chi connectivity index (χ1v) is 5.39. The van der Waals surface area contributed by atoms with Crippen molar-refractivity contribution >= 4 is 23.4 Å². The lowest BCUT2D eigenvalue weighted by Gasteiger charge is -2.08. The fourth-order valence-electron chi connectivity index (χ4n) is 1.54. The average Bonchev–Trinajstić information content (AvgIpc) is 2.58. The van der Waals surface area contributed by atoms with Crippen molar-refractivity contribution in [1.82, 2.24) is 0 Å². The molecule has 1 amide bonds. The largest absolute Gasteiger partial charge is 0.325 e. The first kappa shape index (κ1) is 9.52. The van der Waals surface area contributed by atoms with E-state index in [0.717, 1.165) is 28.3 Å². The maximum Gasteiger partial charge on any atom is 0.221 e. The van der Waals surface area contributed by atoms with E-state index in [9.17, 15) is 9.18 Å². The fourth-order valence-corrected chi connectivity index (χ4v) is 2.70. The third-order valence-corrected chi connectivity index (χ3v) is 3.28. The van der Waals surface area contributed by atoms with Gasteiger partial charge in [-0.05, 0) is 18.6 Å². The van der Waals surface area contributed by atoms with Gasteiger partial charge in [0.2, 0.25) is 5.91 Å². The van der Waals surface area contributed by atoms with E-state index in [2.05, 4.69) is 5.32 Å². The van der Waals surface area contributed by atoms with Gasteiger partial charge in [-0.1, -0.05) is 0 Å². The van der Waals surface area contributed by atoms with Crippen molar-refractivity contribution in [2.24, 2.45) is 0 Å². The van der Waals surface area contributed by atoms with Gasteiger partial charge in [0.05, 0.1) is 5.69 Å². The van der Waals surface area contributed by atoms with E-state index in [0.29, 0.717) is 0 Å². The second-order valence-corrected chi connectivity index (χ2v) is 4.29. The van der Waals surface area contributed by atoms with Crippen LogP contribution in [0, 0.1) is 5.82 Å². The summed E-state index contributed by atoms with van der Waals surface area (Å²) >= 11 is 1.60. The molecule has 2 rings (SSSR count). The Morgan fingerprint density at radius 3 is 3.07 bits per heavy atom. The minimum Gasteiger partial charge on any atom is -0.325 e. The Hall–Kier alpha value is -1.03. The van der Waals surface area contributed by atoms with E-state index >= 15 is 0 Å². The normalized spacial score (nSPS) is 13.9. The minimum absolute atomic E-state index is 0.119. The molecule has 0 bridgehead atoms. The summed E-state index contributed by atoms with van der Waals surface area (Å²) in [6.45, 7) is 1.45. The highest BCUT2D eigenvalue weighted by molar-refractivity contribution is 7.99. The standard InChI is InChI=1S/C10H10FNOS/c1-6(13)12-9-3-2-8(11)7-4-5-14-10(7)9/h2-3H,4-5H2,1H3,(H,12,13). The Morgan fingerprint density at radius 1 is 1.57 bits per heavy atom. The maximum atomic E-state index is 13.3. The lowest BCUT2D eigenvalue weighted by atomic mass is 10.1. The van der Waals surface area contributed by atoms with Crippen LogP contribution in [0.25, 0.3) is 0 Å². The summed E-state index contributed by atoms with van der Waals surface area (Å²) < 4.78 is 13.3. The van der Waals surface area contributed by atoms with Crippen molar-refractivity contribution in [3.63, 3.8) is 0 Å². The molecule has 0 aromatic heterocycles. The number of carbonyl (C=O) groups is 1. The minimum atomic E-state index is -0.167. The number of carbonyl (C=O) groups excluding carboxylic acids is 1. The number of thioether (sulfide) groups is 1. The summed E-state index contributed by atoms with van der Waals surface area (Å²) in [6.07, 6.45) is 0.749. The molecule has 1 heterocycles. The molecule has 0 aliphatic carbocycles. The van der Waals surface area contributed by atoms with Crippen LogP contribution in [0.1, 0.15) is 12.5 Å². The monoisotopic (exact) mass is 211 g/mol. The zero-order valence-corrected chi connectivity index (χ0v) is 8.58. The molecule has 1 aliphatic rings. The molecule has 1 N–H and O–H groups in total. The van der Waals surface area contributed by atoms with Crippen LogP contribution in [0.5, 0.6) is 0 Å². The summed E-state index contributed by atoms with van der Waals surface area (Å²) in [5.41, 5.74) is 1.47. The van der Waals surface area contributed by atoms with Crippen molar-refractivity contribution < 1.29 is 9.18 Å². The number of nitrogens with one attached hydrogen (secondary N) is 1. The molecule has 0 atom stereocenters. The third-order valence-electron chi connectivity index (χ3n) is 2.11. The molecule has 4 heteroatoms. The molecule has 0 unspecified atom stereocenters. The third kappa shape index (κ3) is 1.62. The molecular formula is C10H10FNOS. The lowest BCUT2D eigenvalue weighted by molar-refractivity contribution is -0.114. The molecule has 0 radical (unpaired) electrons. The van der Waals surface area contributed by atoms with Crippen LogP contribution in [-0.4, -0.2) is 11.7 Å². The topological polar surface area (TPSA) is 29.1 Å². The van der Waals surface area contributed by atoms with Crippen LogP contribution in [-0.2, 0) is 11.2 Å². The number of benzene rings is 1. The average molecular weight is 211 g/mol. The first-order chi connectivity index (χ1) is 6.68. The SMILES string of the molecule is CC(=O)Nc1ccc(F)c2c1SCC2. The van der Waals surface area contributed by atoms with Gasteiger partial charge in [-0.25, -0.2) is 4.39 Å². The summed E-state index contributed by atoms with van der Waals surface area (Å²) in [7, 11) is 0. The smallest absolute Gasteiger partial charge is 0.221 e. The number of hydrogen-bond donors (Lipinski definition) is 1. The van der Waals surface area contributed by atoms with Gasteiger partial charge in [0, 0.05) is 23.1 Å². The number of fused-ring (bicyclic) bond motifs is 1. The van der Waals surface area contributed by atoms with Gasteiger partial charge in [0.15, 0.2) is 0 Å². The number of amides is 1. The predicted octanol–water partition coefficient (Wildman–Crippen LogP) is 2.43. The van der Waals surface area contributed by atoms with Gasteiger partial charge in [0.25, 0.3) is 0 Å². The molecule has 1 aromatic carbocycles. The lowest BCUT2D eigenvalue weighted by Crippen LogP contribution is -2.07. The van der Waals surface area contributed by atoms with E-state index in [-0.39, 0.29) is 11.7 Å². The molecule has 0 spiro atoms. The van der Waals surface area contributed by atoms with E-state index in [1.165, 1.54) is 13.0 Å². The van der Waals surface area contributed by atoms with Gasteiger partial charge in [0.1, 0.15) is 5.82 Å². The number of anilines is 1. The molecule has 14 heavy (non-hydrogen) atoms. The second-order valence-electron chi connectivity index (χ2n) is 3.18. The van der Waals surface area contributed by atoms with Crippen molar-refractivity contribution in [2.75, 3.05) is 11.1 Å². The Labute approximate surface area is 85.9 Å². The van der Waals surface area contributed by atoms with Crippen LogP contribution >= 0.6 is 11.8 Å². The quantitative estimate of drug-likeness (QED) is 0.773. The predicted molar refractivity (Wildman–Crippen MR) is 55.1 cm³/mol. The highest BCUT2D eigenvalue weighted by Gasteiger charge is 2.19. The van der Waals surface area contributed by atoms with Crippen molar-refractivity contribution in [3.8, 4) is 0 Å². The Morgan fingerprint density at radius 2 is 2.36 bits per heavy atom. The summed E-state index contributed by atoms with van der Waals surface area (Å²) in [6, 6.07) is 3.03. The van der Waals surface area contributed by atoms with Gasteiger partial charge >= 0.3 is 0 Å². The van der Waals surface area contributed by atoms with Crippen LogP contribution < -0.4 is 5.32 Å². The zero-order valence-electron chi connectivity index (χ0n) is 7.76. The summed E-state index contributed by atoms with van der Waals surface area (Å²) in [5.74, 6) is 0.605. The van der Waals surface area contributed by atoms with E-state index in [1.54, 1.807) is 17.8 Å². The van der Waals surface area contributed by atoms with Gasteiger partial charge in [-0.3, -0.25) is 4.79 Å². The fraction of sp³-hybridized carbons (Fsp3) is 0.300. The van der Waals surface area contributed by atoms with Crippen molar-refractivity contribution in [3.05, 3.63) is 23.5 Å². The second kappa shape index (κ2) is 3.61. The first-order valence-electron chi connectivity index (χ1n) is 4.40. The maximum absolute atomic E-state index is 13.3. The highest BCUT2D eigenvalue weighted by Crippen LogP contribution is 2.38. The van der Waals surface area contributed by atoms with Crippen LogP contribution in [0.4, 0.5) is 10.1 Å². The number of hydrogen-bond acceptors (Lipinski definition) is 2. The summed E-state index contributed by atoms with van der Waals surface area (Å²) in [4.78, 5) is 11.8. The molecule has 1 aromatic rings. The molecule has 0 saturated carbocycles. The number of halogens is 1. The molecule has 2 nitrogen and oxygen atoms in total.